The summed E-state index contributed by atoms with van der Waals surface area (Å²) in [4.78, 5) is 11.7. The van der Waals surface area contributed by atoms with E-state index in [0.717, 1.165) is 10.8 Å². The molecule has 22 heavy (non-hydrogen) atoms. The minimum Gasteiger partial charge on any atom is -0.484 e. The van der Waals surface area contributed by atoms with Gasteiger partial charge in [0.2, 0.25) is 0 Å². The number of hydrogen-bond acceptors (Lipinski definition) is 3. The fourth-order valence-corrected chi connectivity index (χ4v) is 2.15. The summed E-state index contributed by atoms with van der Waals surface area (Å²) in [5.41, 5.74) is 0. The van der Waals surface area contributed by atoms with Gasteiger partial charge < -0.3 is 15.2 Å². The quantitative estimate of drug-likeness (QED) is 0.826. The van der Waals surface area contributed by atoms with E-state index in [0.29, 0.717) is 18.7 Å². The van der Waals surface area contributed by atoms with Gasteiger partial charge in [-0.15, -0.1) is 0 Å². The minimum atomic E-state index is -0.387. The number of hydrogen-bond donors (Lipinski definition) is 2. The van der Waals surface area contributed by atoms with Gasteiger partial charge in [0, 0.05) is 6.54 Å². The van der Waals surface area contributed by atoms with Crippen molar-refractivity contribution in [2.24, 2.45) is 5.92 Å². The van der Waals surface area contributed by atoms with Crippen LogP contribution in [-0.4, -0.2) is 30.3 Å². The Morgan fingerprint density at radius 1 is 1.18 bits per heavy atom. The van der Waals surface area contributed by atoms with Crippen LogP contribution in [0.3, 0.4) is 0 Å². The number of nitrogens with one attached hydrogen (secondary N) is 1. The van der Waals surface area contributed by atoms with E-state index >= 15 is 0 Å². The fraction of sp³-hybridized carbons (Fsp3) is 0.389. The molecule has 4 heteroatoms. The molecule has 1 unspecified atom stereocenters. The molecule has 2 aromatic rings. The van der Waals surface area contributed by atoms with E-state index < -0.39 is 0 Å². The zero-order valence-corrected chi connectivity index (χ0v) is 13.1. The Kier molecular flexibility index (Phi) is 5.78. The zero-order valence-electron chi connectivity index (χ0n) is 13.1. The number of carbonyl (C=O) groups excluding carboxylic acids is 1. The molecule has 0 aliphatic rings. The van der Waals surface area contributed by atoms with Gasteiger partial charge in [0.05, 0.1) is 6.10 Å². The summed E-state index contributed by atoms with van der Waals surface area (Å²) in [5, 5.41) is 14.6. The molecule has 1 atom stereocenters. The maximum absolute atomic E-state index is 11.7. The molecule has 2 N–H and O–H groups in total. The fourth-order valence-electron chi connectivity index (χ4n) is 2.15. The van der Waals surface area contributed by atoms with Gasteiger partial charge in [-0.1, -0.05) is 44.2 Å². The summed E-state index contributed by atoms with van der Waals surface area (Å²) in [6, 6.07) is 13.8. The van der Waals surface area contributed by atoms with Crippen molar-refractivity contribution < 1.29 is 14.6 Å². The van der Waals surface area contributed by atoms with Crippen molar-refractivity contribution >= 4 is 16.7 Å². The molecule has 0 saturated heterocycles. The maximum atomic E-state index is 11.7. The molecule has 0 radical (unpaired) electrons. The Balaban J connectivity index is 1.77. The largest absolute Gasteiger partial charge is 0.484 e. The first-order valence-electron chi connectivity index (χ1n) is 7.62. The topological polar surface area (TPSA) is 58.6 Å². The Labute approximate surface area is 131 Å². The second kappa shape index (κ2) is 7.80. The van der Waals surface area contributed by atoms with Crippen molar-refractivity contribution in [2.45, 2.75) is 26.4 Å². The molecular weight excluding hydrogens is 278 g/mol. The predicted octanol–water partition coefficient (Wildman–Crippen LogP) is 2.74. The highest BCUT2D eigenvalue weighted by atomic mass is 16.5. The summed E-state index contributed by atoms with van der Waals surface area (Å²) >= 11 is 0. The Morgan fingerprint density at radius 2 is 1.91 bits per heavy atom. The molecule has 0 fully saturated rings. The number of fused-ring (bicyclic) bond motifs is 1. The number of aliphatic hydroxyl groups excluding tert-OH is 1. The first kappa shape index (κ1) is 16.3. The molecule has 0 spiro atoms. The van der Waals surface area contributed by atoms with Gasteiger partial charge in [0.15, 0.2) is 6.61 Å². The number of rotatable bonds is 7. The molecule has 0 bridgehead atoms. The molecule has 0 aliphatic carbocycles. The Morgan fingerprint density at radius 3 is 2.64 bits per heavy atom. The van der Waals surface area contributed by atoms with Crippen molar-refractivity contribution in [2.75, 3.05) is 13.2 Å². The van der Waals surface area contributed by atoms with Crippen LogP contribution in [0.2, 0.25) is 0 Å². The lowest BCUT2D eigenvalue weighted by atomic mass is 10.0. The third-order valence-corrected chi connectivity index (χ3v) is 3.62. The second-order valence-corrected chi connectivity index (χ2v) is 5.75. The van der Waals surface area contributed by atoms with Gasteiger partial charge >= 0.3 is 0 Å². The minimum absolute atomic E-state index is 0.0177. The summed E-state index contributed by atoms with van der Waals surface area (Å²) in [6.45, 7) is 4.35. The maximum Gasteiger partial charge on any atom is 0.257 e. The first-order chi connectivity index (χ1) is 10.6. The Hall–Kier alpha value is -2.07. The molecule has 2 aromatic carbocycles. The Bertz CT molecular complexity index is 625. The van der Waals surface area contributed by atoms with Crippen molar-refractivity contribution in [1.82, 2.24) is 5.32 Å². The van der Waals surface area contributed by atoms with Gasteiger partial charge in [0.1, 0.15) is 5.75 Å². The highest BCUT2D eigenvalue weighted by Gasteiger charge is 2.09. The van der Waals surface area contributed by atoms with E-state index in [4.69, 9.17) is 4.74 Å². The van der Waals surface area contributed by atoms with Crippen molar-refractivity contribution in [3.8, 4) is 5.75 Å². The van der Waals surface area contributed by atoms with E-state index in [1.807, 2.05) is 56.3 Å². The number of benzene rings is 2. The van der Waals surface area contributed by atoms with E-state index in [2.05, 4.69) is 5.32 Å². The van der Waals surface area contributed by atoms with Crippen LogP contribution >= 0.6 is 0 Å². The molecule has 0 heterocycles. The van der Waals surface area contributed by atoms with Crippen LogP contribution in [0.4, 0.5) is 0 Å². The van der Waals surface area contributed by atoms with Crippen LogP contribution in [0.25, 0.3) is 10.8 Å². The second-order valence-electron chi connectivity index (χ2n) is 5.75. The van der Waals surface area contributed by atoms with Gasteiger partial charge in [-0.05, 0) is 35.2 Å². The van der Waals surface area contributed by atoms with Crippen LogP contribution in [0.15, 0.2) is 42.5 Å². The SMILES string of the molecule is CC(C)C(O)CCNC(=O)COc1ccc2ccccc2c1. The van der Waals surface area contributed by atoms with E-state index in [1.165, 1.54) is 0 Å². The van der Waals surface area contributed by atoms with Crippen LogP contribution < -0.4 is 10.1 Å². The molecule has 1 amide bonds. The summed E-state index contributed by atoms with van der Waals surface area (Å²) < 4.78 is 5.51. The van der Waals surface area contributed by atoms with Gasteiger partial charge in [-0.3, -0.25) is 4.79 Å². The monoisotopic (exact) mass is 301 g/mol. The normalized spacial score (nSPS) is 12.4. The summed E-state index contributed by atoms with van der Waals surface area (Å²) in [5.74, 6) is 0.700. The number of ether oxygens (including phenoxy) is 1. The van der Waals surface area contributed by atoms with Gasteiger partial charge in [-0.25, -0.2) is 0 Å². The molecule has 0 aliphatic heterocycles. The first-order valence-corrected chi connectivity index (χ1v) is 7.62. The number of amides is 1. The molecular formula is C18H23NO3. The van der Waals surface area contributed by atoms with Gasteiger partial charge in [0.25, 0.3) is 5.91 Å². The molecule has 2 rings (SSSR count). The van der Waals surface area contributed by atoms with Crippen LogP contribution in [0.1, 0.15) is 20.3 Å². The third-order valence-electron chi connectivity index (χ3n) is 3.62. The number of aliphatic hydroxyl groups is 1. The molecule has 4 nitrogen and oxygen atoms in total. The van der Waals surface area contributed by atoms with Crippen molar-refractivity contribution in [3.63, 3.8) is 0 Å². The lowest BCUT2D eigenvalue weighted by Gasteiger charge is -2.14. The average molecular weight is 301 g/mol. The highest BCUT2D eigenvalue weighted by Crippen LogP contribution is 2.20. The third kappa shape index (κ3) is 4.74. The van der Waals surface area contributed by atoms with E-state index in [-0.39, 0.29) is 24.5 Å². The van der Waals surface area contributed by atoms with E-state index in [9.17, 15) is 9.90 Å². The van der Waals surface area contributed by atoms with Crippen molar-refractivity contribution in [3.05, 3.63) is 42.5 Å². The molecule has 0 saturated carbocycles. The number of carbonyl (C=O) groups is 1. The van der Waals surface area contributed by atoms with Crippen LogP contribution in [0, 0.1) is 5.92 Å². The standard InChI is InChI=1S/C18H23NO3/c1-13(2)17(20)9-10-19-18(21)12-22-16-8-7-14-5-3-4-6-15(14)11-16/h3-8,11,13,17,20H,9-10,12H2,1-2H3,(H,19,21). The van der Waals surface area contributed by atoms with Crippen LogP contribution in [0.5, 0.6) is 5.75 Å². The summed E-state index contributed by atoms with van der Waals surface area (Å²) in [6.07, 6.45) is 0.168. The zero-order chi connectivity index (χ0) is 15.9. The van der Waals surface area contributed by atoms with Crippen LogP contribution in [-0.2, 0) is 4.79 Å². The molecule has 118 valence electrons. The highest BCUT2D eigenvalue weighted by molar-refractivity contribution is 5.84. The van der Waals surface area contributed by atoms with Gasteiger partial charge in [-0.2, -0.15) is 0 Å². The lowest BCUT2D eigenvalue weighted by molar-refractivity contribution is -0.123. The predicted molar refractivity (Wildman–Crippen MR) is 87.9 cm³/mol. The smallest absolute Gasteiger partial charge is 0.257 e. The van der Waals surface area contributed by atoms with Crippen molar-refractivity contribution in [1.29, 1.82) is 0 Å². The average Bonchev–Trinajstić information content (AvgIpc) is 2.52. The summed E-state index contributed by atoms with van der Waals surface area (Å²) in [7, 11) is 0. The van der Waals surface area contributed by atoms with E-state index in [1.54, 1.807) is 0 Å². The lowest BCUT2D eigenvalue weighted by Crippen LogP contribution is -2.32. The molecule has 0 aromatic heterocycles.